The van der Waals surface area contributed by atoms with Gasteiger partial charge in [-0.05, 0) is 77.9 Å². The molecule has 0 radical (unpaired) electrons. The third kappa shape index (κ3) is 8.80. The number of benzene rings is 5. The predicted octanol–water partition coefficient (Wildman–Crippen LogP) is 6.32. The summed E-state index contributed by atoms with van der Waals surface area (Å²) in [6.07, 6.45) is 3.36. The van der Waals surface area contributed by atoms with E-state index in [4.69, 9.17) is 25.7 Å². The Hall–Kier alpha value is -6.48. The Morgan fingerprint density at radius 2 is 1.13 bits per heavy atom. The molecular weight excluding hydrogens is 596 g/mol. The van der Waals surface area contributed by atoms with Gasteiger partial charge in [-0.1, -0.05) is 60.7 Å². The fraction of sp³-hybridized carbons (Fsp3) is 0.0526. The smallest absolute Gasteiger partial charge is 0.343 e. The lowest BCUT2D eigenvalue weighted by atomic mass is 10.0. The van der Waals surface area contributed by atoms with Crippen molar-refractivity contribution in [3.05, 3.63) is 161 Å². The maximum Gasteiger partial charge on any atom is 0.343 e. The minimum Gasteiger partial charge on any atom is -0.462 e. The van der Waals surface area contributed by atoms with E-state index in [-0.39, 0.29) is 29.3 Å². The lowest BCUT2D eigenvalue weighted by Gasteiger charge is -2.08. The van der Waals surface area contributed by atoms with Crippen LogP contribution in [0, 0.1) is 0 Å². The Labute approximate surface area is 271 Å². The van der Waals surface area contributed by atoms with Crippen molar-refractivity contribution in [2.75, 3.05) is 18.1 Å². The van der Waals surface area contributed by atoms with Gasteiger partial charge in [0.15, 0.2) is 5.78 Å². The second-order valence-corrected chi connectivity index (χ2v) is 10.4. The first-order chi connectivity index (χ1) is 22.7. The summed E-state index contributed by atoms with van der Waals surface area (Å²) in [7, 11) is 0. The van der Waals surface area contributed by atoms with Gasteiger partial charge in [0.25, 0.3) is 0 Å². The third-order valence-corrected chi connectivity index (χ3v) is 7.01. The van der Waals surface area contributed by atoms with E-state index in [9.17, 15) is 19.2 Å². The van der Waals surface area contributed by atoms with Gasteiger partial charge in [-0.25, -0.2) is 14.4 Å². The molecule has 0 spiro atoms. The van der Waals surface area contributed by atoms with Crippen LogP contribution in [-0.2, 0) is 16.0 Å². The van der Waals surface area contributed by atoms with Crippen LogP contribution in [0.1, 0.15) is 47.8 Å². The Morgan fingerprint density at radius 1 is 0.596 bits per heavy atom. The molecule has 234 valence electrons. The Bertz CT molecular complexity index is 1920. The minimum atomic E-state index is -0.607. The van der Waals surface area contributed by atoms with Crippen LogP contribution in [0.4, 0.5) is 11.4 Å². The lowest BCUT2D eigenvalue weighted by Crippen LogP contribution is -2.10. The van der Waals surface area contributed by atoms with Gasteiger partial charge >= 0.3 is 17.9 Å². The van der Waals surface area contributed by atoms with E-state index >= 15 is 0 Å². The van der Waals surface area contributed by atoms with E-state index < -0.39 is 17.9 Å². The van der Waals surface area contributed by atoms with Gasteiger partial charge in [-0.3, -0.25) is 4.79 Å². The first-order valence-electron chi connectivity index (χ1n) is 14.6. The van der Waals surface area contributed by atoms with E-state index in [1.165, 1.54) is 42.5 Å². The Kier molecular flexibility index (Phi) is 10.2. The standard InChI is InChI=1S/C38H30N2O7/c39-31-16-13-26(34(40)24-31)22-23-45-35(41)21-8-25-6-17-32(18-7-25)46-38(44)30-14-19-33(20-15-30)47-37(43)29-11-9-28(10-12-29)36(42)27-4-2-1-3-5-27/h1-21,24H,22-23,39-40H2/b21-8+. The van der Waals surface area contributed by atoms with Crippen molar-refractivity contribution < 1.29 is 33.4 Å². The summed E-state index contributed by atoms with van der Waals surface area (Å²) in [6, 6.07) is 32.8. The summed E-state index contributed by atoms with van der Waals surface area (Å²) in [5.41, 5.74) is 15.8. The number of ether oxygens (including phenoxy) is 3. The number of carbonyl (C=O) groups is 4. The highest BCUT2D eigenvalue weighted by molar-refractivity contribution is 6.09. The summed E-state index contributed by atoms with van der Waals surface area (Å²) in [4.78, 5) is 49.9. The first kappa shape index (κ1) is 31.9. The summed E-state index contributed by atoms with van der Waals surface area (Å²) < 4.78 is 16.1. The zero-order valence-corrected chi connectivity index (χ0v) is 25.1. The molecule has 0 amide bonds. The molecule has 0 bridgehead atoms. The highest BCUT2D eigenvalue weighted by atomic mass is 16.5. The van der Waals surface area contributed by atoms with Gasteiger partial charge < -0.3 is 25.7 Å². The third-order valence-electron chi connectivity index (χ3n) is 7.01. The number of rotatable bonds is 11. The Morgan fingerprint density at radius 3 is 1.72 bits per heavy atom. The van der Waals surface area contributed by atoms with Crippen molar-refractivity contribution in [3.8, 4) is 11.5 Å². The molecule has 0 fully saturated rings. The average molecular weight is 627 g/mol. The molecule has 0 aliphatic carbocycles. The quantitative estimate of drug-likeness (QED) is 0.0565. The van der Waals surface area contributed by atoms with E-state index in [1.54, 1.807) is 84.9 Å². The molecule has 0 unspecified atom stereocenters. The van der Waals surface area contributed by atoms with Gasteiger partial charge in [0.1, 0.15) is 11.5 Å². The van der Waals surface area contributed by atoms with Crippen molar-refractivity contribution in [1.82, 2.24) is 0 Å². The largest absolute Gasteiger partial charge is 0.462 e. The van der Waals surface area contributed by atoms with Crippen molar-refractivity contribution in [2.24, 2.45) is 0 Å². The second kappa shape index (κ2) is 15.0. The lowest BCUT2D eigenvalue weighted by molar-refractivity contribution is -0.137. The average Bonchev–Trinajstić information content (AvgIpc) is 3.09. The number of carbonyl (C=O) groups excluding carboxylic acids is 4. The highest BCUT2D eigenvalue weighted by Gasteiger charge is 2.14. The van der Waals surface area contributed by atoms with E-state index in [1.807, 2.05) is 6.07 Å². The van der Waals surface area contributed by atoms with Crippen molar-refractivity contribution in [2.45, 2.75) is 6.42 Å². The highest BCUT2D eigenvalue weighted by Crippen LogP contribution is 2.20. The van der Waals surface area contributed by atoms with Crippen molar-refractivity contribution >= 4 is 41.1 Å². The fourth-order valence-electron chi connectivity index (χ4n) is 4.47. The normalized spacial score (nSPS) is 10.7. The summed E-state index contributed by atoms with van der Waals surface area (Å²) in [5.74, 6) is -1.32. The molecule has 9 nitrogen and oxygen atoms in total. The van der Waals surface area contributed by atoms with E-state index in [0.717, 1.165) is 5.56 Å². The van der Waals surface area contributed by atoms with E-state index in [0.29, 0.717) is 40.2 Å². The number of hydrogen-bond acceptors (Lipinski definition) is 9. The Balaban J connectivity index is 1.08. The maximum atomic E-state index is 12.7. The van der Waals surface area contributed by atoms with Crippen molar-refractivity contribution in [1.29, 1.82) is 0 Å². The molecule has 5 aromatic rings. The molecule has 0 atom stereocenters. The topological polar surface area (TPSA) is 148 Å². The fourth-order valence-corrected chi connectivity index (χ4v) is 4.47. The van der Waals surface area contributed by atoms with Crippen LogP contribution in [0.5, 0.6) is 11.5 Å². The van der Waals surface area contributed by atoms with Crippen LogP contribution in [0.25, 0.3) is 6.08 Å². The zero-order valence-electron chi connectivity index (χ0n) is 25.1. The SMILES string of the molecule is Nc1ccc(CCOC(=O)/C=C/c2ccc(OC(=O)c3ccc(OC(=O)c4ccc(C(=O)c5ccccc5)cc4)cc3)cc2)c(N)c1. The predicted molar refractivity (Wildman–Crippen MR) is 178 cm³/mol. The van der Waals surface area contributed by atoms with Crippen LogP contribution >= 0.6 is 0 Å². The zero-order chi connectivity index (χ0) is 33.2. The molecule has 0 aliphatic heterocycles. The number of nitrogens with two attached hydrogens (primary N) is 2. The van der Waals surface area contributed by atoms with Crippen molar-refractivity contribution in [3.63, 3.8) is 0 Å². The minimum absolute atomic E-state index is 0.146. The number of ketones is 1. The number of nitrogen functional groups attached to an aromatic ring is 2. The van der Waals surface area contributed by atoms with E-state index in [2.05, 4.69) is 0 Å². The molecule has 0 heterocycles. The summed E-state index contributed by atoms with van der Waals surface area (Å²) >= 11 is 0. The number of anilines is 2. The van der Waals surface area contributed by atoms with Gasteiger partial charge in [0, 0.05) is 35.0 Å². The molecule has 0 saturated heterocycles. The first-order valence-corrected chi connectivity index (χ1v) is 14.6. The van der Waals surface area contributed by atoms with Crippen LogP contribution in [-0.4, -0.2) is 30.3 Å². The monoisotopic (exact) mass is 626 g/mol. The molecule has 0 aliphatic rings. The van der Waals surface area contributed by atoms with Gasteiger partial charge in [0.2, 0.25) is 0 Å². The van der Waals surface area contributed by atoms with Crippen LogP contribution in [0.15, 0.2) is 127 Å². The van der Waals surface area contributed by atoms with Gasteiger partial charge in [-0.15, -0.1) is 0 Å². The summed E-state index contributed by atoms with van der Waals surface area (Å²) in [6.45, 7) is 0.169. The molecule has 9 heteroatoms. The molecule has 5 rings (SSSR count). The molecule has 5 aromatic carbocycles. The summed E-state index contributed by atoms with van der Waals surface area (Å²) in [5, 5.41) is 0. The second-order valence-electron chi connectivity index (χ2n) is 10.4. The van der Waals surface area contributed by atoms with Crippen LogP contribution in [0.3, 0.4) is 0 Å². The molecular formula is C38H30N2O7. The molecule has 0 aromatic heterocycles. The molecule has 0 saturated carbocycles. The molecule has 47 heavy (non-hydrogen) atoms. The number of hydrogen-bond donors (Lipinski definition) is 2. The number of esters is 3. The maximum absolute atomic E-state index is 12.7. The van der Waals surface area contributed by atoms with Crippen LogP contribution in [0.2, 0.25) is 0 Å². The van der Waals surface area contributed by atoms with Gasteiger partial charge in [0.05, 0.1) is 17.7 Å². The van der Waals surface area contributed by atoms with Crippen LogP contribution < -0.4 is 20.9 Å². The molecule has 4 N–H and O–H groups in total. The van der Waals surface area contributed by atoms with Gasteiger partial charge in [-0.2, -0.15) is 0 Å².